The maximum atomic E-state index is 11.2. The van der Waals surface area contributed by atoms with Crippen molar-refractivity contribution in [3.63, 3.8) is 0 Å². The van der Waals surface area contributed by atoms with Gasteiger partial charge in [0.05, 0.1) is 10.7 Å². The van der Waals surface area contributed by atoms with E-state index >= 15 is 0 Å². The SMILES string of the molecule is CC(=O)OCC(C)(C)C(=O)CBr. The Morgan fingerprint density at radius 3 is 2.25 bits per heavy atom. The first kappa shape index (κ1) is 11.6. The van der Waals surface area contributed by atoms with E-state index in [1.165, 1.54) is 6.92 Å². The lowest BCUT2D eigenvalue weighted by Gasteiger charge is -2.20. The maximum absolute atomic E-state index is 11.2. The third-order valence-corrected chi connectivity index (χ3v) is 2.02. The first-order valence-electron chi connectivity index (χ1n) is 3.63. The van der Waals surface area contributed by atoms with Gasteiger partial charge in [0, 0.05) is 6.92 Å². The van der Waals surface area contributed by atoms with Crippen molar-refractivity contribution >= 4 is 27.7 Å². The molecule has 0 atom stereocenters. The van der Waals surface area contributed by atoms with Gasteiger partial charge in [-0.05, 0) is 13.8 Å². The lowest BCUT2D eigenvalue weighted by molar-refractivity contribution is -0.146. The summed E-state index contributed by atoms with van der Waals surface area (Å²) in [6.07, 6.45) is 0. The van der Waals surface area contributed by atoms with Gasteiger partial charge in [-0.2, -0.15) is 0 Å². The van der Waals surface area contributed by atoms with Gasteiger partial charge in [0.2, 0.25) is 0 Å². The Labute approximate surface area is 80.6 Å². The van der Waals surface area contributed by atoms with Crippen LogP contribution in [0.3, 0.4) is 0 Å². The minimum absolute atomic E-state index is 0.0313. The molecule has 0 aliphatic heterocycles. The van der Waals surface area contributed by atoms with Gasteiger partial charge in [-0.3, -0.25) is 9.59 Å². The minimum Gasteiger partial charge on any atom is -0.465 e. The van der Waals surface area contributed by atoms with Crippen LogP contribution in [0.1, 0.15) is 20.8 Å². The number of ether oxygens (including phenoxy) is 1. The van der Waals surface area contributed by atoms with E-state index < -0.39 is 5.41 Å². The molecule has 0 heterocycles. The molecule has 12 heavy (non-hydrogen) atoms. The molecular weight excluding hydrogens is 224 g/mol. The summed E-state index contributed by atoms with van der Waals surface area (Å²) < 4.78 is 4.75. The highest BCUT2D eigenvalue weighted by Gasteiger charge is 2.27. The molecule has 3 nitrogen and oxygen atoms in total. The summed E-state index contributed by atoms with van der Waals surface area (Å²) in [6, 6.07) is 0. The van der Waals surface area contributed by atoms with Crippen LogP contribution in [0.4, 0.5) is 0 Å². The van der Waals surface area contributed by atoms with Crippen molar-refractivity contribution < 1.29 is 14.3 Å². The average Bonchev–Trinajstić information content (AvgIpc) is 1.99. The number of carbonyl (C=O) groups is 2. The van der Waals surface area contributed by atoms with Crippen LogP contribution in [0.25, 0.3) is 0 Å². The Hall–Kier alpha value is -0.380. The molecule has 0 fully saturated rings. The fourth-order valence-corrected chi connectivity index (χ4v) is 1.30. The predicted molar refractivity (Wildman–Crippen MR) is 49.2 cm³/mol. The van der Waals surface area contributed by atoms with E-state index in [4.69, 9.17) is 4.74 Å². The van der Waals surface area contributed by atoms with Gasteiger partial charge in [-0.1, -0.05) is 15.9 Å². The molecule has 70 valence electrons. The van der Waals surface area contributed by atoms with E-state index in [0.717, 1.165) is 0 Å². The topological polar surface area (TPSA) is 43.4 Å². The van der Waals surface area contributed by atoms with E-state index in [-0.39, 0.29) is 18.4 Å². The van der Waals surface area contributed by atoms with Crippen molar-refractivity contribution in [2.45, 2.75) is 20.8 Å². The van der Waals surface area contributed by atoms with Gasteiger partial charge >= 0.3 is 5.97 Å². The monoisotopic (exact) mass is 236 g/mol. The fraction of sp³-hybridized carbons (Fsp3) is 0.750. The van der Waals surface area contributed by atoms with Gasteiger partial charge in [0.25, 0.3) is 0 Å². The van der Waals surface area contributed by atoms with Crippen molar-refractivity contribution in [2.24, 2.45) is 5.41 Å². The third kappa shape index (κ3) is 3.85. The highest BCUT2D eigenvalue weighted by atomic mass is 79.9. The second kappa shape index (κ2) is 4.60. The van der Waals surface area contributed by atoms with E-state index in [2.05, 4.69) is 15.9 Å². The third-order valence-electron chi connectivity index (χ3n) is 1.51. The van der Waals surface area contributed by atoms with Crippen LogP contribution >= 0.6 is 15.9 Å². The average molecular weight is 237 g/mol. The highest BCUT2D eigenvalue weighted by Crippen LogP contribution is 2.18. The van der Waals surface area contributed by atoms with Crippen LogP contribution in [-0.2, 0) is 14.3 Å². The second-order valence-electron chi connectivity index (χ2n) is 3.22. The zero-order chi connectivity index (χ0) is 9.78. The Balaban J connectivity index is 4.03. The van der Waals surface area contributed by atoms with Crippen LogP contribution < -0.4 is 0 Å². The first-order chi connectivity index (χ1) is 5.40. The molecule has 4 heteroatoms. The number of ketones is 1. The normalized spacial score (nSPS) is 11.0. The molecule has 0 aromatic heterocycles. The number of halogens is 1. The van der Waals surface area contributed by atoms with E-state index in [1.807, 2.05) is 0 Å². The fourth-order valence-electron chi connectivity index (χ4n) is 0.543. The zero-order valence-electron chi connectivity index (χ0n) is 7.52. The van der Waals surface area contributed by atoms with Crippen molar-refractivity contribution in [3.05, 3.63) is 0 Å². The second-order valence-corrected chi connectivity index (χ2v) is 3.78. The summed E-state index contributed by atoms with van der Waals surface area (Å²) in [5.41, 5.74) is -0.588. The molecule has 0 aliphatic carbocycles. The van der Waals surface area contributed by atoms with E-state index in [0.29, 0.717) is 5.33 Å². The molecule has 0 aromatic carbocycles. The van der Waals surface area contributed by atoms with Gasteiger partial charge in [0.15, 0.2) is 5.78 Å². The molecule has 0 amide bonds. The standard InChI is InChI=1S/C8H13BrO3/c1-6(10)12-5-8(2,3)7(11)4-9/h4-5H2,1-3H3. The molecule has 0 aromatic rings. The van der Waals surface area contributed by atoms with E-state index in [9.17, 15) is 9.59 Å². The maximum Gasteiger partial charge on any atom is 0.302 e. The molecule has 0 saturated carbocycles. The quantitative estimate of drug-likeness (QED) is 0.550. The van der Waals surface area contributed by atoms with Crippen molar-refractivity contribution in [3.8, 4) is 0 Å². The molecule has 0 radical (unpaired) electrons. The molecule has 0 aliphatic rings. The van der Waals surface area contributed by atoms with Crippen LogP contribution in [0, 0.1) is 5.41 Å². The molecule has 0 N–H and O–H groups in total. The number of hydrogen-bond donors (Lipinski definition) is 0. The molecule has 0 bridgehead atoms. The predicted octanol–water partition coefficient (Wildman–Crippen LogP) is 1.54. The Kier molecular flexibility index (Phi) is 4.45. The number of hydrogen-bond acceptors (Lipinski definition) is 3. The Bertz CT molecular complexity index is 187. The van der Waals surface area contributed by atoms with Gasteiger partial charge < -0.3 is 4.74 Å². The van der Waals surface area contributed by atoms with Crippen LogP contribution in [0.5, 0.6) is 0 Å². The summed E-state index contributed by atoms with van der Waals surface area (Å²) in [6.45, 7) is 4.97. The number of alkyl halides is 1. The smallest absolute Gasteiger partial charge is 0.302 e. The lowest BCUT2D eigenvalue weighted by Crippen LogP contribution is -2.31. The van der Waals surface area contributed by atoms with Gasteiger partial charge in [-0.25, -0.2) is 0 Å². The highest BCUT2D eigenvalue weighted by molar-refractivity contribution is 9.09. The zero-order valence-corrected chi connectivity index (χ0v) is 9.10. The molecule has 0 rings (SSSR count). The van der Waals surface area contributed by atoms with Crippen molar-refractivity contribution in [2.75, 3.05) is 11.9 Å². The number of esters is 1. The summed E-state index contributed by atoms with van der Waals surface area (Å²) in [4.78, 5) is 21.7. The van der Waals surface area contributed by atoms with Gasteiger partial charge in [-0.15, -0.1) is 0 Å². The number of rotatable bonds is 4. The molecule has 0 spiro atoms. The minimum atomic E-state index is -0.588. The Morgan fingerprint density at radius 2 is 1.92 bits per heavy atom. The number of carbonyl (C=O) groups excluding carboxylic acids is 2. The molecule has 0 saturated heterocycles. The van der Waals surface area contributed by atoms with E-state index in [1.54, 1.807) is 13.8 Å². The summed E-state index contributed by atoms with van der Waals surface area (Å²) in [7, 11) is 0. The number of Topliss-reactive ketones (excluding diaryl/α,β-unsaturated/α-hetero) is 1. The van der Waals surface area contributed by atoms with Crippen molar-refractivity contribution in [1.29, 1.82) is 0 Å². The Morgan fingerprint density at radius 1 is 1.42 bits per heavy atom. The molecular formula is C8H13BrO3. The summed E-state index contributed by atoms with van der Waals surface area (Å²) >= 11 is 3.07. The van der Waals surface area contributed by atoms with Crippen LogP contribution in [0.15, 0.2) is 0 Å². The van der Waals surface area contributed by atoms with Gasteiger partial charge in [0.1, 0.15) is 6.61 Å². The van der Waals surface area contributed by atoms with Crippen LogP contribution in [0.2, 0.25) is 0 Å². The lowest BCUT2D eigenvalue weighted by atomic mass is 9.90. The summed E-state index contributed by atoms with van der Waals surface area (Å²) in [5.74, 6) is -0.325. The van der Waals surface area contributed by atoms with Crippen LogP contribution in [-0.4, -0.2) is 23.7 Å². The largest absolute Gasteiger partial charge is 0.465 e. The van der Waals surface area contributed by atoms with Crippen molar-refractivity contribution in [1.82, 2.24) is 0 Å². The summed E-state index contributed by atoms with van der Waals surface area (Å²) in [5, 5.41) is 0.293. The molecule has 0 unspecified atom stereocenters. The first-order valence-corrected chi connectivity index (χ1v) is 4.75.